The van der Waals surface area contributed by atoms with E-state index in [0.29, 0.717) is 15.4 Å². The highest BCUT2D eigenvalue weighted by atomic mass is 79.9. The molecule has 1 heterocycles. The minimum Gasteiger partial charge on any atom is -0.478 e. The Kier molecular flexibility index (Phi) is 3.58. The van der Waals surface area contributed by atoms with E-state index in [1.54, 1.807) is 12.3 Å². The molecule has 0 spiro atoms. The highest BCUT2D eigenvalue weighted by Gasteiger charge is 2.17. The van der Waals surface area contributed by atoms with Crippen molar-refractivity contribution >= 4 is 32.8 Å². The van der Waals surface area contributed by atoms with Crippen molar-refractivity contribution in [2.45, 2.75) is 0 Å². The number of carbonyl (C=O) groups is 1. The van der Waals surface area contributed by atoms with Crippen LogP contribution < -0.4 is 4.74 Å². The number of halogens is 3. The fourth-order valence-electron chi connectivity index (χ4n) is 2.06. The van der Waals surface area contributed by atoms with Crippen molar-refractivity contribution in [3.8, 4) is 11.5 Å². The van der Waals surface area contributed by atoms with E-state index < -0.39 is 23.2 Å². The second-order valence-electron chi connectivity index (χ2n) is 4.49. The Morgan fingerprint density at radius 2 is 1.95 bits per heavy atom. The number of H-pyrrole nitrogens is 1. The lowest BCUT2D eigenvalue weighted by Crippen LogP contribution is -2.01. The van der Waals surface area contributed by atoms with Crippen LogP contribution in [-0.4, -0.2) is 16.1 Å². The van der Waals surface area contributed by atoms with Crippen LogP contribution in [0.2, 0.25) is 0 Å². The molecule has 112 valence electrons. The number of hydrogen-bond donors (Lipinski definition) is 2. The first-order chi connectivity index (χ1) is 10.5. The number of nitrogens with one attached hydrogen (secondary N) is 1. The van der Waals surface area contributed by atoms with Crippen molar-refractivity contribution in [2.75, 3.05) is 0 Å². The van der Waals surface area contributed by atoms with Gasteiger partial charge in [0, 0.05) is 23.2 Å². The van der Waals surface area contributed by atoms with Gasteiger partial charge in [-0.3, -0.25) is 0 Å². The first kappa shape index (κ1) is 14.5. The van der Waals surface area contributed by atoms with Gasteiger partial charge in [0.25, 0.3) is 0 Å². The summed E-state index contributed by atoms with van der Waals surface area (Å²) >= 11 is 3.26. The Hall–Kier alpha value is -2.41. The van der Waals surface area contributed by atoms with Gasteiger partial charge in [-0.25, -0.2) is 13.6 Å². The zero-order valence-corrected chi connectivity index (χ0v) is 12.4. The minimum atomic E-state index is -1.43. The van der Waals surface area contributed by atoms with Crippen LogP contribution in [-0.2, 0) is 0 Å². The maximum Gasteiger partial charge on any atom is 0.338 e. The molecule has 0 aliphatic heterocycles. The third kappa shape index (κ3) is 2.43. The summed E-state index contributed by atoms with van der Waals surface area (Å²) in [4.78, 5) is 13.8. The molecule has 0 saturated heterocycles. The van der Waals surface area contributed by atoms with Gasteiger partial charge in [0.2, 0.25) is 0 Å². The van der Waals surface area contributed by atoms with Crippen LogP contribution in [0.15, 0.2) is 41.0 Å². The van der Waals surface area contributed by atoms with E-state index in [1.807, 2.05) is 0 Å². The fourth-order valence-corrected chi connectivity index (χ4v) is 2.67. The average Bonchev–Trinajstić information content (AvgIpc) is 2.93. The summed E-state index contributed by atoms with van der Waals surface area (Å²) < 4.78 is 33.3. The number of aromatic carboxylic acids is 1. The molecular formula is C15H8BrF2NO3. The van der Waals surface area contributed by atoms with Crippen molar-refractivity contribution in [1.29, 1.82) is 0 Å². The maximum atomic E-state index is 14.1. The van der Waals surface area contributed by atoms with E-state index >= 15 is 0 Å². The predicted octanol–water partition coefficient (Wildman–Crippen LogP) is 4.70. The Balaban J connectivity index is 2.06. The predicted molar refractivity (Wildman–Crippen MR) is 79.4 cm³/mol. The summed E-state index contributed by atoms with van der Waals surface area (Å²) in [6.45, 7) is 0. The van der Waals surface area contributed by atoms with Crippen molar-refractivity contribution in [2.24, 2.45) is 0 Å². The Morgan fingerprint density at radius 3 is 2.68 bits per heavy atom. The number of benzene rings is 2. The van der Waals surface area contributed by atoms with Crippen molar-refractivity contribution in [1.82, 2.24) is 4.98 Å². The smallest absolute Gasteiger partial charge is 0.338 e. The first-order valence-corrected chi connectivity index (χ1v) is 6.92. The van der Waals surface area contributed by atoms with Crippen molar-refractivity contribution < 1.29 is 23.4 Å². The van der Waals surface area contributed by atoms with Gasteiger partial charge >= 0.3 is 5.97 Å². The number of carboxylic acid groups (broad SMARTS) is 1. The molecule has 0 bridgehead atoms. The molecule has 0 aliphatic rings. The van der Waals surface area contributed by atoms with E-state index in [2.05, 4.69) is 20.9 Å². The highest BCUT2D eigenvalue weighted by Crippen LogP contribution is 2.38. The lowest BCUT2D eigenvalue weighted by atomic mass is 10.2. The van der Waals surface area contributed by atoms with Gasteiger partial charge in [0.05, 0.1) is 10.0 Å². The van der Waals surface area contributed by atoms with Crippen LogP contribution in [0.4, 0.5) is 8.78 Å². The second kappa shape index (κ2) is 5.42. The quantitative estimate of drug-likeness (QED) is 0.705. The molecule has 3 rings (SSSR count). The van der Waals surface area contributed by atoms with E-state index in [9.17, 15) is 13.6 Å². The lowest BCUT2D eigenvalue weighted by molar-refractivity contribution is 0.0691. The third-order valence-corrected chi connectivity index (χ3v) is 3.88. The Labute approximate surface area is 131 Å². The summed E-state index contributed by atoms with van der Waals surface area (Å²) in [5.74, 6) is -3.03. The molecule has 0 fully saturated rings. The number of aromatic amines is 1. The SMILES string of the molecule is O=C(O)c1cc(Oc2c(F)cc3[nH]ccc3c2Br)ccc1F. The zero-order chi connectivity index (χ0) is 15.9. The van der Waals surface area contributed by atoms with E-state index in [4.69, 9.17) is 9.84 Å². The van der Waals surface area contributed by atoms with Crippen molar-refractivity contribution in [3.05, 3.63) is 58.2 Å². The molecule has 0 saturated carbocycles. The van der Waals surface area contributed by atoms with E-state index in [-0.39, 0.29) is 11.5 Å². The van der Waals surface area contributed by atoms with Gasteiger partial charge in [-0.1, -0.05) is 0 Å². The largest absolute Gasteiger partial charge is 0.478 e. The minimum absolute atomic E-state index is 0.0216. The molecule has 3 aromatic rings. The standard InChI is InChI=1S/C15H8BrF2NO3/c16-13-8-3-4-19-12(8)6-11(18)14(13)22-7-1-2-10(17)9(5-7)15(20)21/h1-6,19H,(H,20,21). The number of fused-ring (bicyclic) bond motifs is 1. The second-order valence-corrected chi connectivity index (χ2v) is 5.28. The maximum absolute atomic E-state index is 14.1. The summed E-state index contributed by atoms with van der Waals surface area (Å²) in [5.41, 5.74) is 0.0406. The molecule has 2 aromatic carbocycles. The summed E-state index contributed by atoms with van der Waals surface area (Å²) in [5, 5.41) is 9.60. The number of aromatic nitrogens is 1. The van der Waals surface area contributed by atoms with E-state index in [0.717, 1.165) is 12.1 Å². The van der Waals surface area contributed by atoms with Gasteiger partial charge in [-0.05, 0) is 40.2 Å². The van der Waals surface area contributed by atoms with Gasteiger partial charge < -0.3 is 14.8 Å². The molecule has 0 unspecified atom stereocenters. The number of ether oxygens (including phenoxy) is 1. The molecule has 0 radical (unpaired) electrons. The first-order valence-electron chi connectivity index (χ1n) is 6.13. The van der Waals surface area contributed by atoms with Gasteiger partial charge in [0.1, 0.15) is 11.6 Å². The van der Waals surface area contributed by atoms with Gasteiger partial charge in [0.15, 0.2) is 11.6 Å². The van der Waals surface area contributed by atoms with Crippen LogP contribution in [0.3, 0.4) is 0 Å². The normalized spacial score (nSPS) is 10.9. The molecule has 22 heavy (non-hydrogen) atoms. The van der Waals surface area contributed by atoms with Gasteiger partial charge in [-0.2, -0.15) is 0 Å². The van der Waals surface area contributed by atoms with Crippen molar-refractivity contribution in [3.63, 3.8) is 0 Å². The number of hydrogen-bond acceptors (Lipinski definition) is 2. The Bertz CT molecular complexity index is 892. The van der Waals surface area contributed by atoms with Crippen LogP contribution in [0, 0.1) is 11.6 Å². The summed E-state index contributed by atoms with van der Waals surface area (Å²) in [7, 11) is 0. The molecule has 7 heteroatoms. The highest BCUT2D eigenvalue weighted by molar-refractivity contribution is 9.10. The average molecular weight is 368 g/mol. The lowest BCUT2D eigenvalue weighted by Gasteiger charge is -2.10. The molecule has 4 nitrogen and oxygen atoms in total. The molecule has 0 aliphatic carbocycles. The summed E-state index contributed by atoms with van der Waals surface area (Å²) in [6.07, 6.45) is 1.65. The summed E-state index contributed by atoms with van der Waals surface area (Å²) in [6, 6.07) is 6.19. The number of carboxylic acids is 1. The Morgan fingerprint density at radius 1 is 1.18 bits per heavy atom. The topological polar surface area (TPSA) is 62.3 Å². The van der Waals surface area contributed by atoms with E-state index in [1.165, 1.54) is 12.1 Å². The molecule has 2 N–H and O–H groups in total. The molecular weight excluding hydrogens is 360 g/mol. The van der Waals surface area contributed by atoms with Crippen LogP contribution in [0.25, 0.3) is 10.9 Å². The molecule has 0 amide bonds. The fraction of sp³-hybridized carbons (Fsp3) is 0. The van der Waals surface area contributed by atoms with Gasteiger partial charge in [-0.15, -0.1) is 0 Å². The monoisotopic (exact) mass is 367 g/mol. The molecule has 1 aromatic heterocycles. The third-order valence-electron chi connectivity index (χ3n) is 3.09. The zero-order valence-electron chi connectivity index (χ0n) is 10.9. The van der Waals surface area contributed by atoms with Crippen LogP contribution >= 0.6 is 15.9 Å². The van der Waals surface area contributed by atoms with Crippen LogP contribution in [0.1, 0.15) is 10.4 Å². The molecule has 0 atom stereocenters. The van der Waals surface area contributed by atoms with Crippen LogP contribution in [0.5, 0.6) is 11.5 Å². The number of rotatable bonds is 3.